The molecule has 0 aromatic heterocycles. The molecule has 92 valence electrons. The zero-order valence-electron chi connectivity index (χ0n) is 9.79. The van der Waals surface area contributed by atoms with Crippen molar-refractivity contribution in [2.75, 3.05) is 7.11 Å². The Bertz CT molecular complexity index is 549. The van der Waals surface area contributed by atoms with Crippen molar-refractivity contribution < 1.29 is 19.4 Å². The Hall–Kier alpha value is -2.49. The molecular weight excluding hydrogens is 232 g/mol. The van der Waals surface area contributed by atoms with Gasteiger partial charge in [0, 0.05) is 0 Å². The number of ether oxygens (including phenoxy) is 2. The van der Waals surface area contributed by atoms with Crippen LogP contribution in [0.25, 0.3) is 0 Å². The topological polar surface area (TPSA) is 55.8 Å². The Kier molecular flexibility index (Phi) is 3.48. The molecule has 0 saturated carbocycles. The van der Waals surface area contributed by atoms with E-state index in [2.05, 4.69) is 0 Å². The van der Waals surface area contributed by atoms with E-state index in [0.717, 1.165) is 0 Å². The van der Waals surface area contributed by atoms with Crippen LogP contribution in [0.15, 0.2) is 48.5 Å². The SMILES string of the molecule is COc1cccc(O)c1OC(=O)c1ccccc1. The summed E-state index contributed by atoms with van der Waals surface area (Å²) in [5, 5.41) is 9.66. The van der Waals surface area contributed by atoms with Crippen LogP contribution in [0.3, 0.4) is 0 Å². The zero-order valence-corrected chi connectivity index (χ0v) is 9.79. The summed E-state index contributed by atoms with van der Waals surface area (Å²) in [6, 6.07) is 13.2. The van der Waals surface area contributed by atoms with E-state index in [1.807, 2.05) is 0 Å². The highest BCUT2D eigenvalue weighted by Crippen LogP contribution is 2.36. The average Bonchev–Trinajstić information content (AvgIpc) is 2.42. The summed E-state index contributed by atoms with van der Waals surface area (Å²) < 4.78 is 10.2. The van der Waals surface area contributed by atoms with Crippen molar-refractivity contribution >= 4 is 5.97 Å². The molecule has 18 heavy (non-hydrogen) atoms. The molecule has 4 nitrogen and oxygen atoms in total. The number of para-hydroxylation sites is 1. The molecule has 0 bridgehead atoms. The number of phenolic OH excluding ortho intramolecular Hbond substituents is 1. The van der Waals surface area contributed by atoms with E-state index in [1.165, 1.54) is 13.2 Å². The van der Waals surface area contributed by atoms with Crippen LogP contribution in [-0.4, -0.2) is 18.2 Å². The fourth-order valence-electron chi connectivity index (χ4n) is 1.49. The van der Waals surface area contributed by atoms with Crippen molar-refractivity contribution in [1.82, 2.24) is 0 Å². The van der Waals surface area contributed by atoms with E-state index < -0.39 is 5.97 Å². The highest BCUT2D eigenvalue weighted by Gasteiger charge is 2.15. The van der Waals surface area contributed by atoms with E-state index in [1.54, 1.807) is 42.5 Å². The van der Waals surface area contributed by atoms with Gasteiger partial charge < -0.3 is 14.6 Å². The van der Waals surface area contributed by atoms with Crippen LogP contribution in [0.4, 0.5) is 0 Å². The number of carbonyl (C=O) groups excluding carboxylic acids is 1. The van der Waals surface area contributed by atoms with Crippen molar-refractivity contribution in [1.29, 1.82) is 0 Å². The summed E-state index contributed by atoms with van der Waals surface area (Å²) in [5.41, 5.74) is 0.405. The summed E-state index contributed by atoms with van der Waals surface area (Å²) in [6.45, 7) is 0. The van der Waals surface area contributed by atoms with Crippen molar-refractivity contribution in [2.45, 2.75) is 0 Å². The minimum Gasteiger partial charge on any atom is -0.504 e. The van der Waals surface area contributed by atoms with Gasteiger partial charge in [-0.15, -0.1) is 0 Å². The third kappa shape index (κ3) is 2.43. The molecule has 2 rings (SSSR count). The molecule has 4 heteroatoms. The Labute approximate surface area is 104 Å². The zero-order chi connectivity index (χ0) is 13.0. The summed E-state index contributed by atoms with van der Waals surface area (Å²) in [5.74, 6) is -0.359. The van der Waals surface area contributed by atoms with Crippen molar-refractivity contribution in [2.24, 2.45) is 0 Å². The first-order valence-corrected chi connectivity index (χ1v) is 5.35. The lowest BCUT2D eigenvalue weighted by atomic mass is 10.2. The van der Waals surface area contributed by atoms with E-state index >= 15 is 0 Å². The number of methoxy groups -OCH3 is 1. The summed E-state index contributed by atoms with van der Waals surface area (Å²) in [4.78, 5) is 11.8. The largest absolute Gasteiger partial charge is 0.504 e. The van der Waals surface area contributed by atoms with Crippen LogP contribution in [-0.2, 0) is 0 Å². The second kappa shape index (κ2) is 5.23. The molecule has 2 aromatic rings. The van der Waals surface area contributed by atoms with E-state index in [9.17, 15) is 9.90 Å². The van der Waals surface area contributed by atoms with Gasteiger partial charge in [-0.1, -0.05) is 24.3 Å². The van der Waals surface area contributed by atoms with Gasteiger partial charge in [0.15, 0.2) is 11.5 Å². The predicted molar refractivity (Wildman–Crippen MR) is 66.1 cm³/mol. The molecule has 1 N–H and O–H groups in total. The molecule has 0 aliphatic heterocycles. The van der Waals surface area contributed by atoms with Crippen LogP contribution in [0.5, 0.6) is 17.2 Å². The third-order valence-corrected chi connectivity index (χ3v) is 2.38. The standard InChI is InChI=1S/C14H12O4/c1-17-12-9-5-8-11(15)13(12)18-14(16)10-6-3-2-4-7-10/h2-9,15H,1H3. The second-order valence-corrected chi connectivity index (χ2v) is 3.56. The van der Waals surface area contributed by atoms with Gasteiger partial charge >= 0.3 is 5.97 Å². The maximum absolute atomic E-state index is 11.8. The number of hydrogen-bond acceptors (Lipinski definition) is 4. The molecule has 0 radical (unpaired) electrons. The van der Waals surface area contributed by atoms with Crippen LogP contribution >= 0.6 is 0 Å². The van der Waals surface area contributed by atoms with Gasteiger partial charge in [-0.25, -0.2) is 4.79 Å². The van der Waals surface area contributed by atoms with Crippen LogP contribution in [0.1, 0.15) is 10.4 Å². The number of benzene rings is 2. The van der Waals surface area contributed by atoms with Crippen molar-refractivity contribution in [3.63, 3.8) is 0 Å². The molecule has 0 spiro atoms. The summed E-state index contributed by atoms with van der Waals surface area (Å²) in [7, 11) is 1.44. The first-order valence-electron chi connectivity index (χ1n) is 5.35. The van der Waals surface area contributed by atoms with Crippen molar-refractivity contribution in [3.8, 4) is 17.2 Å². The molecule has 0 unspecified atom stereocenters. The Morgan fingerprint density at radius 3 is 2.44 bits per heavy atom. The maximum atomic E-state index is 11.8. The quantitative estimate of drug-likeness (QED) is 0.666. The van der Waals surface area contributed by atoms with Gasteiger partial charge in [0.2, 0.25) is 5.75 Å². The molecule has 0 saturated heterocycles. The first-order chi connectivity index (χ1) is 8.72. The summed E-state index contributed by atoms with van der Waals surface area (Å²) >= 11 is 0. The number of esters is 1. The van der Waals surface area contributed by atoms with E-state index in [4.69, 9.17) is 9.47 Å². The smallest absolute Gasteiger partial charge is 0.343 e. The van der Waals surface area contributed by atoms with Gasteiger partial charge in [0.05, 0.1) is 12.7 Å². The Morgan fingerprint density at radius 1 is 1.06 bits per heavy atom. The minimum atomic E-state index is -0.546. The maximum Gasteiger partial charge on any atom is 0.343 e. The van der Waals surface area contributed by atoms with Gasteiger partial charge in [-0.2, -0.15) is 0 Å². The van der Waals surface area contributed by atoms with Gasteiger partial charge in [-0.05, 0) is 24.3 Å². The predicted octanol–water partition coefficient (Wildman–Crippen LogP) is 2.62. The highest BCUT2D eigenvalue weighted by molar-refractivity contribution is 5.91. The fourth-order valence-corrected chi connectivity index (χ4v) is 1.49. The molecule has 0 aliphatic rings. The Balaban J connectivity index is 2.27. The van der Waals surface area contributed by atoms with Gasteiger partial charge in [0.25, 0.3) is 0 Å². The molecule has 0 fully saturated rings. The summed E-state index contributed by atoms with van der Waals surface area (Å²) in [6.07, 6.45) is 0. The first kappa shape index (κ1) is 12.0. The molecule has 0 atom stereocenters. The van der Waals surface area contributed by atoms with Crippen LogP contribution in [0.2, 0.25) is 0 Å². The van der Waals surface area contributed by atoms with Crippen LogP contribution in [0, 0.1) is 0 Å². The van der Waals surface area contributed by atoms with Gasteiger partial charge in [-0.3, -0.25) is 0 Å². The molecule has 2 aromatic carbocycles. The highest BCUT2D eigenvalue weighted by atomic mass is 16.6. The normalized spacial score (nSPS) is 9.83. The average molecular weight is 244 g/mol. The molecule has 0 amide bonds. The number of hydrogen-bond donors (Lipinski definition) is 1. The van der Waals surface area contributed by atoms with E-state index in [0.29, 0.717) is 11.3 Å². The van der Waals surface area contributed by atoms with E-state index in [-0.39, 0.29) is 11.5 Å². The van der Waals surface area contributed by atoms with Crippen LogP contribution < -0.4 is 9.47 Å². The number of rotatable bonds is 3. The Morgan fingerprint density at radius 2 is 1.78 bits per heavy atom. The second-order valence-electron chi connectivity index (χ2n) is 3.56. The van der Waals surface area contributed by atoms with Crippen molar-refractivity contribution in [3.05, 3.63) is 54.1 Å². The van der Waals surface area contributed by atoms with Gasteiger partial charge in [0.1, 0.15) is 0 Å². The lowest BCUT2D eigenvalue weighted by molar-refractivity contribution is 0.0724. The number of aromatic hydroxyl groups is 1. The number of phenols is 1. The third-order valence-electron chi connectivity index (χ3n) is 2.38. The number of carbonyl (C=O) groups is 1. The molecule has 0 heterocycles. The molecule has 0 aliphatic carbocycles. The monoisotopic (exact) mass is 244 g/mol. The lowest BCUT2D eigenvalue weighted by Crippen LogP contribution is -2.09. The molecular formula is C14H12O4. The fraction of sp³-hybridized carbons (Fsp3) is 0.0714. The minimum absolute atomic E-state index is 0.0221. The lowest BCUT2D eigenvalue weighted by Gasteiger charge is -2.10.